The molecule has 1 heterocycles. The van der Waals surface area contributed by atoms with Gasteiger partial charge in [0.15, 0.2) is 18.1 Å². The summed E-state index contributed by atoms with van der Waals surface area (Å²) in [5.41, 5.74) is -0.228. The molecule has 0 unspecified atom stereocenters. The minimum atomic E-state index is -1.18. The SMILES string of the molecule is COc1cc(/C=C2\C(=O)NC(=O)N(c3ccc([N+](=O)[O-])cc3)C2=O)cc(I)c1OCC(=O)O. The molecule has 33 heavy (non-hydrogen) atoms. The van der Waals surface area contributed by atoms with E-state index in [-0.39, 0.29) is 28.4 Å². The number of imide groups is 2. The Kier molecular flexibility index (Phi) is 6.91. The first-order valence-corrected chi connectivity index (χ1v) is 10.1. The number of carboxylic acid groups (broad SMARTS) is 1. The zero-order valence-electron chi connectivity index (χ0n) is 16.7. The maximum Gasteiger partial charge on any atom is 0.341 e. The number of anilines is 1. The van der Waals surface area contributed by atoms with Crippen LogP contribution in [0.4, 0.5) is 16.2 Å². The summed E-state index contributed by atoms with van der Waals surface area (Å²) in [6.45, 7) is -0.597. The van der Waals surface area contributed by atoms with Gasteiger partial charge in [-0.1, -0.05) is 0 Å². The summed E-state index contributed by atoms with van der Waals surface area (Å²) in [6.07, 6.45) is 1.23. The van der Waals surface area contributed by atoms with Crippen molar-refractivity contribution in [3.8, 4) is 11.5 Å². The van der Waals surface area contributed by atoms with Gasteiger partial charge in [-0.15, -0.1) is 0 Å². The number of nitrogens with zero attached hydrogens (tertiary/aromatic N) is 2. The van der Waals surface area contributed by atoms with Crippen LogP contribution in [0.5, 0.6) is 11.5 Å². The average Bonchev–Trinajstić information content (AvgIpc) is 2.75. The van der Waals surface area contributed by atoms with E-state index in [0.29, 0.717) is 14.0 Å². The quantitative estimate of drug-likeness (QED) is 0.168. The van der Waals surface area contributed by atoms with Gasteiger partial charge in [-0.3, -0.25) is 25.0 Å². The van der Waals surface area contributed by atoms with Gasteiger partial charge in [0.25, 0.3) is 17.5 Å². The van der Waals surface area contributed by atoms with Crippen molar-refractivity contribution in [1.29, 1.82) is 0 Å². The Hall–Kier alpha value is -4.01. The fraction of sp³-hybridized carbons (Fsp3) is 0.100. The van der Waals surface area contributed by atoms with Crippen molar-refractivity contribution in [2.45, 2.75) is 0 Å². The molecule has 1 aliphatic heterocycles. The molecule has 0 aromatic heterocycles. The average molecular weight is 567 g/mol. The maximum atomic E-state index is 13.0. The molecule has 170 valence electrons. The fourth-order valence-corrected chi connectivity index (χ4v) is 3.66. The van der Waals surface area contributed by atoms with Crippen molar-refractivity contribution in [2.24, 2.45) is 0 Å². The summed E-state index contributed by atoms with van der Waals surface area (Å²) in [5.74, 6) is -2.70. The smallest absolute Gasteiger partial charge is 0.341 e. The number of amides is 4. The van der Waals surface area contributed by atoms with Crippen molar-refractivity contribution in [3.05, 3.63) is 61.2 Å². The van der Waals surface area contributed by atoms with Crippen LogP contribution < -0.4 is 19.7 Å². The largest absolute Gasteiger partial charge is 0.493 e. The third-order valence-corrected chi connectivity index (χ3v) is 5.12. The van der Waals surface area contributed by atoms with Gasteiger partial charge in [-0.2, -0.15) is 0 Å². The van der Waals surface area contributed by atoms with Gasteiger partial charge in [0.2, 0.25) is 0 Å². The van der Waals surface area contributed by atoms with Crippen molar-refractivity contribution >= 4 is 63.9 Å². The monoisotopic (exact) mass is 567 g/mol. The van der Waals surface area contributed by atoms with E-state index in [4.69, 9.17) is 14.6 Å². The lowest BCUT2D eigenvalue weighted by Crippen LogP contribution is -2.54. The summed E-state index contributed by atoms with van der Waals surface area (Å²) in [4.78, 5) is 59.3. The number of nitro groups is 1. The Morgan fingerprint density at radius 1 is 1.24 bits per heavy atom. The number of hydrogen-bond acceptors (Lipinski definition) is 8. The lowest BCUT2D eigenvalue weighted by molar-refractivity contribution is -0.384. The Balaban J connectivity index is 1.98. The number of hydrogen-bond donors (Lipinski definition) is 2. The second kappa shape index (κ2) is 9.64. The van der Waals surface area contributed by atoms with Crippen LogP contribution in [0.3, 0.4) is 0 Å². The van der Waals surface area contributed by atoms with Crippen molar-refractivity contribution < 1.29 is 38.7 Å². The second-order valence-electron chi connectivity index (χ2n) is 6.45. The Morgan fingerprint density at radius 2 is 1.91 bits per heavy atom. The maximum absolute atomic E-state index is 13.0. The number of aliphatic carboxylic acids is 1. The molecule has 4 amide bonds. The summed E-state index contributed by atoms with van der Waals surface area (Å²) < 4.78 is 10.9. The number of nitrogens with one attached hydrogen (secondary N) is 1. The summed E-state index contributed by atoms with van der Waals surface area (Å²) in [7, 11) is 1.34. The first-order chi connectivity index (χ1) is 15.6. The number of urea groups is 1. The van der Waals surface area contributed by atoms with Crippen LogP contribution in [-0.4, -0.2) is 47.6 Å². The van der Waals surface area contributed by atoms with E-state index in [1.54, 1.807) is 0 Å². The predicted molar refractivity (Wildman–Crippen MR) is 121 cm³/mol. The molecule has 2 aromatic rings. The third kappa shape index (κ3) is 5.08. The number of ether oxygens (including phenoxy) is 2. The number of methoxy groups -OCH3 is 1. The highest BCUT2D eigenvalue weighted by molar-refractivity contribution is 14.1. The van der Waals surface area contributed by atoms with Crippen LogP contribution in [0.1, 0.15) is 5.56 Å². The molecule has 13 heteroatoms. The highest BCUT2D eigenvalue weighted by Gasteiger charge is 2.37. The lowest BCUT2D eigenvalue weighted by atomic mass is 10.1. The molecule has 1 fully saturated rings. The number of benzene rings is 2. The third-order valence-electron chi connectivity index (χ3n) is 4.32. The van der Waals surface area contributed by atoms with Crippen LogP contribution in [0.2, 0.25) is 0 Å². The van der Waals surface area contributed by atoms with Gasteiger partial charge >= 0.3 is 12.0 Å². The molecule has 0 saturated carbocycles. The number of carbonyl (C=O) groups is 4. The van der Waals surface area contributed by atoms with Crippen molar-refractivity contribution in [1.82, 2.24) is 5.32 Å². The van der Waals surface area contributed by atoms with E-state index >= 15 is 0 Å². The first-order valence-electron chi connectivity index (χ1n) is 9.00. The van der Waals surface area contributed by atoms with Crippen molar-refractivity contribution in [3.63, 3.8) is 0 Å². The number of carboxylic acids is 1. The summed E-state index contributed by atoms with van der Waals surface area (Å²) in [5, 5.41) is 21.7. The zero-order chi connectivity index (χ0) is 24.3. The van der Waals surface area contributed by atoms with E-state index < -0.39 is 35.3 Å². The van der Waals surface area contributed by atoms with E-state index in [1.807, 2.05) is 22.6 Å². The minimum Gasteiger partial charge on any atom is -0.493 e. The Morgan fingerprint density at radius 3 is 2.48 bits per heavy atom. The van der Waals surface area contributed by atoms with Gasteiger partial charge in [0.1, 0.15) is 5.57 Å². The molecule has 0 atom stereocenters. The zero-order valence-corrected chi connectivity index (χ0v) is 18.9. The summed E-state index contributed by atoms with van der Waals surface area (Å²) >= 11 is 1.88. The van der Waals surface area contributed by atoms with Crippen LogP contribution in [-0.2, 0) is 14.4 Å². The number of carbonyl (C=O) groups excluding carboxylic acids is 3. The van der Waals surface area contributed by atoms with Gasteiger partial charge in [-0.25, -0.2) is 14.5 Å². The first kappa shape index (κ1) is 23.6. The second-order valence-corrected chi connectivity index (χ2v) is 7.61. The number of barbiturate groups is 1. The molecule has 0 aliphatic carbocycles. The van der Waals surface area contributed by atoms with Crippen LogP contribution in [0.15, 0.2) is 42.0 Å². The molecule has 0 spiro atoms. The van der Waals surface area contributed by atoms with Gasteiger partial charge < -0.3 is 14.6 Å². The minimum absolute atomic E-state index is 0.0334. The molecule has 2 aromatic carbocycles. The predicted octanol–water partition coefficient (Wildman–Crippen LogP) is 2.34. The Bertz CT molecular complexity index is 1210. The molecule has 1 aliphatic rings. The van der Waals surface area contributed by atoms with E-state index in [0.717, 1.165) is 12.1 Å². The number of nitro benzene ring substituents is 1. The molecule has 2 N–H and O–H groups in total. The van der Waals surface area contributed by atoms with Crippen LogP contribution in [0, 0.1) is 13.7 Å². The lowest BCUT2D eigenvalue weighted by Gasteiger charge is -2.26. The number of non-ortho nitro benzene ring substituents is 1. The van der Waals surface area contributed by atoms with Gasteiger partial charge in [0.05, 0.1) is 21.3 Å². The highest BCUT2D eigenvalue weighted by Crippen LogP contribution is 2.35. The molecule has 3 rings (SSSR count). The Labute approximate surface area is 199 Å². The van der Waals surface area contributed by atoms with E-state index in [1.165, 1.54) is 37.5 Å². The molecular weight excluding hydrogens is 553 g/mol. The van der Waals surface area contributed by atoms with Crippen molar-refractivity contribution in [2.75, 3.05) is 18.6 Å². The van der Waals surface area contributed by atoms with E-state index in [2.05, 4.69) is 5.32 Å². The molecule has 1 saturated heterocycles. The van der Waals surface area contributed by atoms with Gasteiger partial charge in [-0.05, 0) is 58.5 Å². The van der Waals surface area contributed by atoms with Crippen LogP contribution in [0.25, 0.3) is 6.08 Å². The molecular formula is C20H14IN3O9. The van der Waals surface area contributed by atoms with E-state index in [9.17, 15) is 29.3 Å². The molecule has 0 bridgehead atoms. The standard InChI is InChI=1S/C20H14IN3O9/c1-32-15-8-10(7-14(21)17(15)33-9-16(25)26)6-13-18(27)22-20(29)23(19(13)28)11-2-4-12(5-3-11)24(30)31/h2-8H,9H2,1H3,(H,25,26)(H,22,27,29)/b13-6+. The topological polar surface area (TPSA) is 165 Å². The number of halogens is 1. The number of rotatable bonds is 7. The summed E-state index contributed by atoms with van der Waals surface area (Å²) in [6, 6.07) is 6.63. The van der Waals surface area contributed by atoms with Crippen LogP contribution >= 0.6 is 22.6 Å². The van der Waals surface area contributed by atoms with Gasteiger partial charge in [0, 0.05) is 12.1 Å². The molecule has 0 radical (unpaired) electrons. The fourth-order valence-electron chi connectivity index (χ4n) is 2.88. The highest BCUT2D eigenvalue weighted by atomic mass is 127. The normalized spacial score (nSPS) is 14.8. The molecule has 12 nitrogen and oxygen atoms in total.